The SMILES string of the molecule is CNc1cc(N2CCc3c(C#CCBr)cccc32)nn2c(C(=O)N[C@@H]3C[C@@H]3F)cnc12. The number of halogens is 2. The third-order valence-corrected chi connectivity index (χ3v) is 5.86. The lowest BCUT2D eigenvalue weighted by Gasteiger charge is -2.20. The number of benzene rings is 1. The third kappa shape index (κ3) is 3.51. The van der Waals surface area contributed by atoms with Crippen LogP contribution in [0.2, 0.25) is 0 Å². The first-order valence-corrected chi connectivity index (χ1v) is 11.2. The van der Waals surface area contributed by atoms with Gasteiger partial charge in [0.05, 0.1) is 23.3 Å². The van der Waals surface area contributed by atoms with Gasteiger partial charge >= 0.3 is 0 Å². The van der Waals surface area contributed by atoms with Gasteiger partial charge in [0.2, 0.25) is 0 Å². The van der Waals surface area contributed by atoms with Crippen molar-refractivity contribution < 1.29 is 9.18 Å². The summed E-state index contributed by atoms with van der Waals surface area (Å²) in [4.78, 5) is 19.1. The van der Waals surface area contributed by atoms with E-state index in [2.05, 4.69) is 54.4 Å². The van der Waals surface area contributed by atoms with Crippen LogP contribution in [0.1, 0.15) is 28.0 Å². The summed E-state index contributed by atoms with van der Waals surface area (Å²) in [6.45, 7) is 0.756. The highest BCUT2D eigenvalue weighted by Gasteiger charge is 2.39. The van der Waals surface area contributed by atoms with E-state index < -0.39 is 12.2 Å². The van der Waals surface area contributed by atoms with Crippen LogP contribution in [0.5, 0.6) is 0 Å². The molecule has 2 aliphatic rings. The monoisotopic (exact) mass is 482 g/mol. The zero-order valence-corrected chi connectivity index (χ0v) is 18.4. The minimum absolute atomic E-state index is 0.281. The van der Waals surface area contributed by atoms with Crippen molar-refractivity contribution in [2.45, 2.75) is 25.1 Å². The standard InChI is InChI=1S/C22H20BrFN6O/c1-25-17-11-20(29-9-7-14-13(5-3-8-23)4-2-6-18(14)29)28-30-19(12-26-21(17)30)22(31)27-16-10-15(16)24/h2,4,6,11-12,15-16,25H,7-10H2,1H3,(H,27,31)/t15-,16+/m0/s1. The quantitative estimate of drug-likeness (QED) is 0.441. The van der Waals surface area contributed by atoms with Crippen molar-refractivity contribution in [1.29, 1.82) is 0 Å². The first-order valence-electron chi connectivity index (χ1n) is 10.1. The maximum atomic E-state index is 13.2. The van der Waals surface area contributed by atoms with Gasteiger partial charge in [-0.1, -0.05) is 33.8 Å². The summed E-state index contributed by atoms with van der Waals surface area (Å²) in [6, 6.07) is 7.58. The fraction of sp³-hybridized carbons (Fsp3) is 0.318. The summed E-state index contributed by atoms with van der Waals surface area (Å²) in [7, 11) is 1.80. The summed E-state index contributed by atoms with van der Waals surface area (Å²) in [6.07, 6.45) is 1.72. The minimum atomic E-state index is -0.970. The zero-order chi connectivity index (χ0) is 21.5. The molecule has 7 nitrogen and oxygen atoms in total. The van der Waals surface area contributed by atoms with Crippen molar-refractivity contribution in [3.8, 4) is 11.8 Å². The second kappa shape index (κ2) is 7.85. The van der Waals surface area contributed by atoms with E-state index in [-0.39, 0.29) is 11.6 Å². The van der Waals surface area contributed by atoms with E-state index in [0.29, 0.717) is 23.2 Å². The molecule has 1 aliphatic heterocycles. The van der Waals surface area contributed by atoms with E-state index in [0.717, 1.165) is 29.9 Å². The van der Waals surface area contributed by atoms with Crippen molar-refractivity contribution in [3.63, 3.8) is 0 Å². The molecule has 3 heterocycles. The van der Waals surface area contributed by atoms with E-state index in [1.807, 2.05) is 18.2 Å². The molecule has 1 fully saturated rings. The fourth-order valence-electron chi connectivity index (χ4n) is 3.90. The van der Waals surface area contributed by atoms with Gasteiger partial charge < -0.3 is 15.5 Å². The van der Waals surface area contributed by atoms with Gasteiger partial charge in [-0.15, -0.1) is 5.10 Å². The molecule has 0 spiro atoms. The molecule has 0 bridgehead atoms. The lowest BCUT2D eigenvalue weighted by molar-refractivity contribution is 0.0940. The van der Waals surface area contributed by atoms with E-state index >= 15 is 0 Å². The fourth-order valence-corrected chi connectivity index (χ4v) is 4.04. The van der Waals surface area contributed by atoms with Crippen LogP contribution in [0.3, 0.4) is 0 Å². The number of amides is 1. The Morgan fingerprint density at radius 1 is 1.42 bits per heavy atom. The predicted molar refractivity (Wildman–Crippen MR) is 121 cm³/mol. The first-order chi connectivity index (χ1) is 15.1. The van der Waals surface area contributed by atoms with Crippen LogP contribution in [0.15, 0.2) is 30.5 Å². The molecule has 2 aromatic heterocycles. The number of hydrogen-bond donors (Lipinski definition) is 2. The van der Waals surface area contributed by atoms with Gasteiger partial charge in [0.15, 0.2) is 17.2 Å². The number of carbonyl (C=O) groups is 1. The number of nitrogens with one attached hydrogen (secondary N) is 2. The Bertz CT molecular complexity index is 1250. The van der Waals surface area contributed by atoms with Gasteiger partial charge in [-0.05, 0) is 24.1 Å². The number of hydrogen-bond acceptors (Lipinski definition) is 5. The molecular weight excluding hydrogens is 463 g/mol. The van der Waals surface area contributed by atoms with Gasteiger partial charge in [0.25, 0.3) is 5.91 Å². The van der Waals surface area contributed by atoms with Gasteiger partial charge in [-0.3, -0.25) is 4.79 Å². The van der Waals surface area contributed by atoms with Crippen LogP contribution < -0.4 is 15.5 Å². The molecule has 0 radical (unpaired) electrons. The molecule has 1 aromatic carbocycles. The molecule has 2 N–H and O–H groups in total. The highest BCUT2D eigenvalue weighted by Crippen LogP contribution is 2.36. The second-order valence-electron chi connectivity index (χ2n) is 7.52. The molecule has 1 aliphatic carbocycles. The Kier molecular flexibility index (Phi) is 5.02. The van der Waals surface area contributed by atoms with Crippen molar-refractivity contribution in [2.24, 2.45) is 0 Å². The van der Waals surface area contributed by atoms with Gasteiger partial charge in [0, 0.05) is 37.3 Å². The Morgan fingerprint density at radius 3 is 3.00 bits per heavy atom. The number of fused-ring (bicyclic) bond motifs is 2. The summed E-state index contributed by atoms with van der Waals surface area (Å²) in [5.41, 5.74) is 4.84. The van der Waals surface area contributed by atoms with Gasteiger partial charge in [-0.2, -0.15) is 0 Å². The molecule has 5 rings (SSSR count). The number of rotatable bonds is 4. The summed E-state index contributed by atoms with van der Waals surface area (Å²) >= 11 is 3.35. The normalized spacial score (nSPS) is 19.0. The Balaban J connectivity index is 1.56. The largest absolute Gasteiger partial charge is 0.385 e. The molecule has 158 valence electrons. The third-order valence-electron chi connectivity index (χ3n) is 5.58. The molecule has 0 unspecified atom stereocenters. The number of alkyl halides is 2. The maximum absolute atomic E-state index is 13.2. The average molecular weight is 483 g/mol. The Labute approximate surface area is 187 Å². The zero-order valence-electron chi connectivity index (χ0n) is 16.8. The number of anilines is 3. The molecule has 3 aromatic rings. The van der Waals surface area contributed by atoms with Crippen LogP contribution in [0.4, 0.5) is 21.6 Å². The van der Waals surface area contributed by atoms with Gasteiger partial charge in [0.1, 0.15) is 6.17 Å². The Hall–Kier alpha value is -3.12. The number of imidazole rings is 1. The van der Waals surface area contributed by atoms with Crippen molar-refractivity contribution in [2.75, 3.05) is 29.1 Å². The maximum Gasteiger partial charge on any atom is 0.271 e. The topological polar surface area (TPSA) is 74.6 Å². The smallest absolute Gasteiger partial charge is 0.271 e. The summed E-state index contributed by atoms with van der Waals surface area (Å²) in [5, 5.41) is 11.2. The molecule has 0 saturated heterocycles. The number of carbonyl (C=O) groups excluding carboxylic acids is 1. The highest BCUT2D eigenvalue weighted by atomic mass is 79.9. The van der Waals surface area contributed by atoms with E-state index in [1.165, 1.54) is 16.3 Å². The van der Waals surface area contributed by atoms with Crippen LogP contribution in [-0.4, -0.2) is 51.6 Å². The van der Waals surface area contributed by atoms with Crippen molar-refractivity contribution >= 4 is 44.7 Å². The van der Waals surface area contributed by atoms with Crippen molar-refractivity contribution in [3.05, 3.63) is 47.3 Å². The van der Waals surface area contributed by atoms with E-state index in [1.54, 1.807) is 7.05 Å². The first kappa shape index (κ1) is 19.8. The predicted octanol–water partition coefficient (Wildman–Crippen LogP) is 3.05. The van der Waals surface area contributed by atoms with Crippen LogP contribution >= 0.6 is 15.9 Å². The lowest BCUT2D eigenvalue weighted by Crippen LogP contribution is -2.28. The van der Waals surface area contributed by atoms with Crippen molar-refractivity contribution in [1.82, 2.24) is 19.9 Å². The molecule has 1 amide bonds. The molecule has 1 saturated carbocycles. The summed E-state index contributed by atoms with van der Waals surface area (Å²) in [5.74, 6) is 6.60. The van der Waals surface area contributed by atoms with Crippen LogP contribution in [-0.2, 0) is 6.42 Å². The molecule has 31 heavy (non-hydrogen) atoms. The number of aromatic nitrogens is 3. The van der Waals surface area contributed by atoms with Crippen LogP contribution in [0.25, 0.3) is 5.65 Å². The second-order valence-corrected chi connectivity index (χ2v) is 8.08. The van der Waals surface area contributed by atoms with E-state index in [9.17, 15) is 9.18 Å². The minimum Gasteiger partial charge on any atom is -0.385 e. The lowest BCUT2D eigenvalue weighted by atomic mass is 10.1. The average Bonchev–Trinajstić information content (AvgIpc) is 3.17. The van der Waals surface area contributed by atoms with E-state index in [4.69, 9.17) is 5.10 Å². The van der Waals surface area contributed by atoms with Gasteiger partial charge in [-0.25, -0.2) is 13.9 Å². The number of nitrogens with zero attached hydrogens (tertiary/aromatic N) is 4. The summed E-state index contributed by atoms with van der Waals surface area (Å²) < 4.78 is 14.8. The molecule has 9 heteroatoms. The molecule has 2 atom stereocenters. The highest BCUT2D eigenvalue weighted by molar-refractivity contribution is 9.09. The van der Waals surface area contributed by atoms with Crippen LogP contribution in [0, 0.1) is 11.8 Å². The molecular formula is C22H20BrFN6O. The Morgan fingerprint density at radius 2 is 2.26 bits per heavy atom.